The minimum atomic E-state index is -1.09. The number of nitrogens with zero attached hydrogens (tertiary/aromatic N) is 1. The van der Waals surface area contributed by atoms with Crippen molar-refractivity contribution in [1.29, 1.82) is 0 Å². The molecule has 1 heterocycles. The van der Waals surface area contributed by atoms with Crippen molar-refractivity contribution >= 4 is 22.6 Å². The van der Waals surface area contributed by atoms with Crippen molar-refractivity contribution in [2.75, 3.05) is 14.1 Å². The summed E-state index contributed by atoms with van der Waals surface area (Å²) in [4.78, 5) is 41.1. The summed E-state index contributed by atoms with van der Waals surface area (Å²) in [5, 5.41) is 1.10. The minimum Gasteiger partial charge on any atom is -0.443 e. The number of ether oxygens (including phenoxy) is 1. The van der Waals surface area contributed by atoms with Crippen molar-refractivity contribution in [2.24, 2.45) is 0 Å². The second-order valence-electron chi connectivity index (χ2n) is 6.03. The maximum Gasteiger partial charge on any atom is 0.355 e. The Kier molecular flexibility index (Phi) is 4.84. The second-order valence-corrected chi connectivity index (χ2v) is 6.03. The zero-order valence-corrected chi connectivity index (χ0v) is 14.4. The normalized spacial score (nSPS) is 11.8. The number of H-pyrrole nitrogens is 1. The van der Waals surface area contributed by atoms with E-state index in [-0.39, 0.29) is 17.2 Å². The molecule has 1 N–H and O–H groups in total. The average molecular weight is 350 g/mol. The molecule has 0 aliphatic carbocycles. The Labute approximate surface area is 150 Å². The van der Waals surface area contributed by atoms with E-state index in [1.807, 2.05) is 6.07 Å². The minimum absolute atomic E-state index is 0.00110. The smallest absolute Gasteiger partial charge is 0.355 e. The first-order valence-electron chi connectivity index (χ1n) is 8.06. The molecule has 0 aliphatic heterocycles. The number of nitrogens with one attached hydrogen (secondary N) is 1. The van der Waals surface area contributed by atoms with E-state index < -0.39 is 12.1 Å². The molecule has 132 valence electrons. The van der Waals surface area contributed by atoms with Gasteiger partial charge in [0.2, 0.25) is 6.10 Å². The van der Waals surface area contributed by atoms with Crippen molar-refractivity contribution in [3.63, 3.8) is 0 Å². The van der Waals surface area contributed by atoms with Gasteiger partial charge in [0.25, 0.3) is 11.5 Å². The molecular formula is C20H18N2O4. The fourth-order valence-corrected chi connectivity index (χ4v) is 2.61. The molecule has 0 saturated carbocycles. The van der Waals surface area contributed by atoms with Gasteiger partial charge in [0.1, 0.15) is 5.69 Å². The highest BCUT2D eigenvalue weighted by molar-refractivity contribution is 5.94. The third-order valence-electron chi connectivity index (χ3n) is 3.97. The molecule has 0 fully saturated rings. The van der Waals surface area contributed by atoms with E-state index in [4.69, 9.17) is 4.74 Å². The Balaban J connectivity index is 1.95. The van der Waals surface area contributed by atoms with Crippen LogP contribution in [0.15, 0.2) is 65.5 Å². The fraction of sp³-hybridized carbons (Fsp3) is 0.150. The molecule has 3 rings (SSSR count). The van der Waals surface area contributed by atoms with Gasteiger partial charge in [0.05, 0.1) is 0 Å². The predicted octanol–water partition coefficient (Wildman–Crippen LogP) is 2.51. The predicted molar refractivity (Wildman–Crippen MR) is 97.9 cm³/mol. The number of aromatic nitrogens is 1. The first kappa shape index (κ1) is 17.4. The maximum atomic E-state index is 12.6. The summed E-state index contributed by atoms with van der Waals surface area (Å²) in [6.45, 7) is 0. The molecule has 3 aromatic rings. The summed E-state index contributed by atoms with van der Waals surface area (Å²) in [5.41, 5.74) is 0.175. The van der Waals surface area contributed by atoms with Crippen molar-refractivity contribution in [2.45, 2.75) is 6.10 Å². The molecule has 1 amide bonds. The topological polar surface area (TPSA) is 79.5 Å². The summed E-state index contributed by atoms with van der Waals surface area (Å²) in [5.74, 6) is -1.13. The van der Waals surface area contributed by atoms with Crippen LogP contribution in [0.2, 0.25) is 0 Å². The highest BCUT2D eigenvalue weighted by Gasteiger charge is 2.27. The van der Waals surface area contributed by atoms with E-state index in [0.717, 1.165) is 0 Å². The van der Waals surface area contributed by atoms with Crippen molar-refractivity contribution in [3.8, 4) is 0 Å². The summed E-state index contributed by atoms with van der Waals surface area (Å²) in [7, 11) is 3.17. The largest absolute Gasteiger partial charge is 0.443 e. The van der Waals surface area contributed by atoms with Crippen LogP contribution in [0.3, 0.4) is 0 Å². The number of amides is 1. The number of aromatic amines is 1. The Bertz CT molecular complexity index is 1010. The molecule has 6 nitrogen and oxygen atoms in total. The SMILES string of the molecule is CN(C)C(=O)[C@@H](OC(=O)c1cc2ccccc2c(=O)[nH]1)c1ccccc1. The van der Waals surface area contributed by atoms with Gasteiger partial charge in [-0.3, -0.25) is 9.59 Å². The number of carbonyl (C=O) groups excluding carboxylic acids is 2. The lowest BCUT2D eigenvalue weighted by Gasteiger charge is -2.21. The summed E-state index contributed by atoms with van der Waals surface area (Å²) >= 11 is 0. The molecule has 26 heavy (non-hydrogen) atoms. The van der Waals surface area contributed by atoms with E-state index in [0.29, 0.717) is 16.3 Å². The van der Waals surface area contributed by atoms with Gasteiger partial charge in [-0.05, 0) is 17.5 Å². The van der Waals surface area contributed by atoms with E-state index >= 15 is 0 Å². The van der Waals surface area contributed by atoms with Gasteiger partial charge >= 0.3 is 5.97 Å². The number of rotatable bonds is 4. The van der Waals surface area contributed by atoms with Crippen molar-refractivity contribution < 1.29 is 14.3 Å². The standard InChI is InChI=1S/C20H18N2O4/c1-22(2)19(24)17(13-8-4-3-5-9-13)26-20(25)16-12-14-10-6-7-11-15(14)18(23)21-16/h3-12,17H,1-2H3,(H,21,23)/t17-/m0/s1. The van der Waals surface area contributed by atoms with Crippen LogP contribution in [0, 0.1) is 0 Å². The van der Waals surface area contributed by atoms with Gasteiger partial charge in [-0.2, -0.15) is 0 Å². The van der Waals surface area contributed by atoms with Gasteiger partial charge in [-0.15, -0.1) is 0 Å². The van der Waals surface area contributed by atoms with E-state index in [2.05, 4.69) is 4.98 Å². The third-order valence-corrected chi connectivity index (χ3v) is 3.97. The molecular weight excluding hydrogens is 332 g/mol. The van der Waals surface area contributed by atoms with Crippen LogP contribution in [0.4, 0.5) is 0 Å². The number of esters is 1. The lowest BCUT2D eigenvalue weighted by atomic mass is 10.1. The molecule has 1 aromatic heterocycles. The molecule has 1 atom stereocenters. The molecule has 0 bridgehead atoms. The monoisotopic (exact) mass is 350 g/mol. The van der Waals surface area contributed by atoms with Gasteiger partial charge < -0.3 is 14.6 Å². The van der Waals surface area contributed by atoms with Crippen molar-refractivity contribution in [3.05, 3.63) is 82.3 Å². The average Bonchev–Trinajstić information content (AvgIpc) is 2.66. The first-order valence-corrected chi connectivity index (χ1v) is 8.06. The van der Waals surface area contributed by atoms with Crippen LogP contribution in [0.1, 0.15) is 22.2 Å². The molecule has 0 unspecified atom stereocenters. The molecule has 0 aliphatic rings. The lowest BCUT2D eigenvalue weighted by Crippen LogP contribution is -2.31. The summed E-state index contributed by atoms with van der Waals surface area (Å²) in [6, 6.07) is 17.2. The lowest BCUT2D eigenvalue weighted by molar-refractivity contribution is -0.138. The van der Waals surface area contributed by atoms with E-state index in [1.165, 1.54) is 4.90 Å². The third kappa shape index (κ3) is 3.49. The Morgan fingerprint density at radius 2 is 1.65 bits per heavy atom. The quantitative estimate of drug-likeness (QED) is 0.733. The number of hydrogen-bond acceptors (Lipinski definition) is 4. The van der Waals surface area contributed by atoms with Gasteiger partial charge in [0.15, 0.2) is 0 Å². The van der Waals surface area contributed by atoms with E-state index in [1.54, 1.807) is 68.7 Å². The zero-order chi connectivity index (χ0) is 18.7. The van der Waals surface area contributed by atoms with Crippen LogP contribution < -0.4 is 5.56 Å². The van der Waals surface area contributed by atoms with Crippen molar-refractivity contribution in [1.82, 2.24) is 9.88 Å². The number of fused-ring (bicyclic) bond motifs is 1. The molecule has 2 aromatic carbocycles. The fourth-order valence-electron chi connectivity index (χ4n) is 2.61. The van der Waals surface area contributed by atoms with Crippen LogP contribution in [0.25, 0.3) is 10.8 Å². The highest BCUT2D eigenvalue weighted by atomic mass is 16.5. The number of carbonyl (C=O) groups is 2. The van der Waals surface area contributed by atoms with Crippen LogP contribution >= 0.6 is 0 Å². The van der Waals surface area contributed by atoms with Crippen LogP contribution in [-0.2, 0) is 9.53 Å². The first-order chi connectivity index (χ1) is 12.5. The molecule has 0 saturated heterocycles. The zero-order valence-electron chi connectivity index (χ0n) is 14.4. The number of hydrogen-bond donors (Lipinski definition) is 1. The summed E-state index contributed by atoms with van der Waals surface area (Å²) in [6.07, 6.45) is -1.09. The van der Waals surface area contributed by atoms with E-state index in [9.17, 15) is 14.4 Å². The Morgan fingerprint density at radius 3 is 2.35 bits per heavy atom. The molecule has 0 spiro atoms. The molecule has 6 heteroatoms. The van der Waals surface area contributed by atoms with Gasteiger partial charge in [-0.25, -0.2) is 4.79 Å². The van der Waals surface area contributed by atoms with Gasteiger partial charge in [0, 0.05) is 25.0 Å². The van der Waals surface area contributed by atoms with Crippen LogP contribution in [-0.4, -0.2) is 35.9 Å². The summed E-state index contributed by atoms with van der Waals surface area (Å²) < 4.78 is 5.45. The Hall–Kier alpha value is -3.41. The second kappa shape index (κ2) is 7.23. The van der Waals surface area contributed by atoms with Gasteiger partial charge in [-0.1, -0.05) is 48.5 Å². The highest BCUT2D eigenvalue weighted by Crippen LogP contribution is 2.21. The number of pyridine rings is 1. The Morgan fingerprint density at radius 1 is 1.00 bits per heavy atom. The number of likely N-dealkylation sites (N-methyl/N-ethyl adjacent to an activating group) is 1. The van der Waals surface area contributed by atoms with Crippen LogP contribution in [0.5, 0.6) is 0 Å². The number of benzene rings is 2. The molecule has 0 radical (unpaired) electrons. The maximum absolute atomic E-state index is 12.6.